The van der Waals surface area contributed by atoms with Crippen LogP contribution >= 0.6 is 11.3 Å². The van der Waals surface area contributed by atoms with Crippen molar-refractivity contribution in [3.05, 3.63) is 206 Å². The van der Waals surface area contributed by atoms with E-state index in [1.165, 1.54) is 130 Å². The Kier molecular flexibility index (Phi) is 7.34. The van der Waals surface area contributed by atoms with Crippen molar-refractivity contribution in [1.29, 1.82) is 0 Å². The van der Waals surface area contributed by atoms with Gasteiger partial charge in [-0.2, -0.15) is 0 Å². The van der Waals surface area contributed by atoms with E-state index in [9.17, 15) is 0 Å². The average Bonchev–Trinajstić information content (AvgIpc) is 4.05. The second-order valence-electron chi connectivity index (χ2n) is 16.5. The predicted molar refractivity (Wildman–Crippen MR) is 263 cm³/mol. The lowest BCUT2D eigenvalue weighted by atomic mass is 9.91. The molecule has 0 aliphatic carbocycles. The molecule has 0 aliphatic rings. The molecule has 0 spiro atoms. The molecular weight excluding hydrogens is 757 g/mol. The van der Waals surface area contributed by atoms with Gasteiger partial charge in [0.05, 0.1) is 21.4 Å². The molecule has 2 nitrogen and oxygen atoms in total. The van der Waals surface area contributed by atoms with Crippen LogP contribution in [-0.4, -0.2) is 9.13 Å². The maximum atomic E-state index is 2.45. The Morgan fingerprint density at radius 3 is 1.56 bits per heavy atom. The van der Waals surface area contributed by atoms with E-state index in [0.29, 0.717) is 0 Å². The monoisotopic (exact) mass is 794 g/mol. The number of hydrogen-bond acceptors (Lipinski definition) is 1. The van der Waals surface area contributed by atoms with Crippen LogP contribution in [0.5, 0.6) is 0 Å². The summed E-state index contributed by atoms with van der Waals surface area (Å²) in [7, 11) is 0. The summed E-state index contributed by atoms with van der Waals surface area (Å²) in [5.74, 6) is 0. The number of fused-ring (bicyclic) bond motifs is 15. The minimum absolute atomic E-state index is 1.19. The summed E-state index contributed by atoms with van der Waals surface area (Å²) in [6, 6.07) is 67.6. The molecule has 0 saturated heterocycles. The van der Waals surface area contributed by atoms with Crippen molar-refractivity contribution < 1.29 is 0 Å². The van der Waals surface area contributed by atoms with Gasteiger partial charge in [0, 0.05) is 49.7 Å². The third-order valence-electron chi connectivity index (χ3n) is 13.3. The van der Waals surface area contributed by atoms with Gasteiger partial charge < -0.3 is 9.13 Å². The lowest BCUT2D eigenvalue weighted by molar-refractivity contribution is 1.11. The van der Waals surface area contributed by atoms with Crippen LogP contribution in [0.3, 0.4) is 0 Å². The zero-order valence-corrected chi connectivity index (χ0v) is 34.6. The van der Waals surface area contributed by atoms with E-state index in [4.69, 9.17) is 0 Å². The molecule has 0 saturated carbocycles. The molecule has 61 heavy (non-hydrogen) atoms. The Balaban J connectivity index is 1.10. The van der Waals surface area contributed by atoms with Crippen LogP contribution in [0.25, 0.3) is 119 Å². The molecule has 0 atom stereocenters. The van der Waals surface area contributed by atoms with Gasteiger partial charge in [0.15, 0.2) is 0 Å². The highest BCUT2D eigenvalue weighted by molar-refractivity contribution is 7.26. The maximum Gasteiger partial charge on any atom is 0.0634 e. The number of benzene rings is 10. The predicted octanol–water partition coefficient (Wildman–Crippen LogP) is 16.5. The van der Waals surface area contributed by atoms with Crippen LogP contribution in [0.2, 0.25) is 0 Å². The number of aryl methyl sites for hydroxylation is 1. The van der Waals surface area contributed by atoms with Gasteiger partial charge in [-0.25, -0.2) is 0 Å². The van der Waals surface area contributed by atoms with E-state index in [-0.39, 0.29) is 0 Å². The van der Waals surface area contributed by atoms with Crippen LogP contribution in [0.1, 0.15) is 11.1 Å². The SMILES string of the molecule is Cc1ccccc1-c1cccc(-n2ccc3c4cc(-c5ccc6c7ccccc7c7ccccc7c6c5)ccc4c4c(ccn4-c4cccc5c4sc4ccccc45)c32)c1C. The quantitative estimate of drug-likeness (QED) is 0.157. The van der Waals surface area contributed by atoms with E-state index < -0.39 is 0 Å². The number of hydrogen-bond donors (Lipinski definition) is 0. The van der Waals surface area contributed by atoms with Crippen LogP contribution in [0.4, 0.5) is 0 Å². The first-order valence-corrected chi connectivity index (χ1v) is 21.9. The largest absolute Gasteiger partial charge is 0.316 e. The highest BCUT2D eigenvalue weighted by Crippen LogP contribution is 2.45. The molecule has 13 rings (SSSR count). The topological polar surface area (TPSA) is 9.86 Å². The van der Waals surface area contributed by atoms with Crippen LogP contribution < -0.4 is 0 Å². The van der Waals surface area contributed by atoms with Crippen molar-refractivity contribution in [2.45, 2.75) is 13.8 Å². The van der Waals surface area contributed by atoms with E-state index in [2.05, 4.69) is 217 Å². The third kappa shape index (κ3) is 4.96. The van der Waals surface area contributed by atoms with E-state index in [0.717, 1.165) is 0 Å². The summed E-state index contributed by atoms with van der Waals surface area (Å²) in [6.45, 7) is 4.49. The Hall–Kier alpha value is -7.46. The fourth-order valence-corrected chi connectivity index (χ4v) is 11.7. The van der Waals surface area contributed by atoms with E-state index in [1.807, 2.05) is 11.3 Å². The molecule has 0 amide bonds. The summed E-state index contributed by atoms with van der Waals surface area (Å²) in [6.07, 6.45) is 4.58. The van der Waals surface area contributed by atoms with Crippen molar-refractivity contribution in [3.8, 4) is 33.6 Å². The highest BCUT2D eigenvalue weighted by atomic mass is 32.1. The molecular formula is C58H38N2S. The second-order valence-corrected chi connectivity index (χ2v) is 17.6. The Morgan fingerprint density at radius 2 is 0.836 bits per heavy atom. The highest BCUT2D eigenvalue weighted by Gasteiger charge is 2.21. The lowest BCUT2D eigenvalue weighted by Gasteiger charge is -2.17. The molecule has 13 aromatic rings. The van der Waals surface area contributed by atoms with Gasteiger partial charge in [-0.05, 0) is 127 Å². The summed E-state index contributed by atoms with van der Waals surface area (Å²) >= 11 is 1.88. The molecule has 286 valence electrons. The fourth-order valence-electron chi connectivity index (χ4n) is 10.4. The van der Waals surface area contributed by atoms with Crippen molar-refractivity contribution in [3.63, 3.8) is 0 Å². The summed E-state index contributed by atoms with van der Waals surface area (Å²) in [5.41, 5.74) is 12.4. The normalized spacial score (nSPS) is 12.1. The second kappa shape index (κ2) is 13.0. The zero-order chi connectivity index (χ0) is 40.3. The van der Waals surface area contributed by atoms with Gasteiger partial charge in [0.2, 0.25) is 0 Å². The summed E-state index contributed by atoms with van der Waals surface area (Å²) in [4.78, 5) is 0. The Bertz CT molecular complexity index is 3930. The van der Waals surface area contributed by atoms with Gasteiger partial charge in [0.1, 0.15) is 0 Å². The molecule has 0 radical (unpaired) electrons. The fraction of sp³-hybridized carbons (Fsp3) is 0.0345. The van der Waals surface area contributed by atoms with Crippen molar-refractivity contribution in [2.24, 2.45) is 0 Å². The molecule has 3 heterocycles. The smallest absolute Gasteiger partial charge is 0.0634 e. The molecule has 0 N–H and O–H groups in total. The van der Waals surface area contributed by atoms with Crippen LogP contribution in [0.15, 0.2) is 194 Å². The van der Waals surface area contributed by atoms with Crippen molar-refractivity contribution in [2.75, 3.05) is 0 Å². The molecule has 0 bridgehead atoms. The van der Waals surface area contributed by atoms with Gasteiger partial charge in [-0.3, -0.25) is 0 Å². The first-order chi connectivity index (χ1) is 30.1. The van der Waals surface area contributed by atoms with Crippen LogP contribution in [-0.2, 0) is 0 Å². The van der Waals surface area contributed by atoms with Crippen molar-refractivity contribution in [1.82, 2.24) is 9.13 Å². The first-order valence-electron chi connectivity index (χ1n) is 21.1. The minimum Gasteiger partial charge on any atom is -0.316 e. The first kappa shape index (κ1) is 34.4. The molecule has 10 aromatic carbocycles. The minimum atomic E-state index is 1.19. The Labute approximate surface area is 356 Å². The van der Waals surface area contributed by atoms with Crippen LogP contribution in [0, 0.1) is 13.8 Å². The number of nitrogens with zero attached hydrogens (tertiary/aromatic N) is 2. The summed E-state index contributed by atoms with van der Waals surface area (Å²) < 4.78 is 7.51. The molecule has 3 aromatic heterocycles. The van der Waals surface area contributed by atoms with Gasteiger partial charge >= 0.3 is 0 Å². The molecule has 3 heteroatoms. The Morgan fingerprint density at radius 1 is 0.344 bits per heavy atom. The van der Waals surface area contributed by atoms with Crippen molar-refractivity contribution >= 4 is 96.4 Å². The van der Waals surface area contributed by atoms with Gasteiger partial charge in [0.25, 0.3) is 0 Å². The van der Waals surface area contributed by atoms with E-state index in [1.54, 1.807) is 0 Å². The standard InChI is InChI=1S/C58H38N2S/c1-35-13-3-4-14-39(35)40-20-11-22-53(36(40)2)59-31-29-48-52-34-38(37-25-27-45-43-17-6-5-15-41(43)42-16-7-8-18-44(42)51(45)33-37)26-28-47(52)56-50(57(48)59)30-32-60(56)54-23-12-21-49-46-19-9-10-24-55(46)61-58(49)54/h3-34H,1-2H3. The molecule has 0 aliphatic heterocycles. The van der Waals surface area contributed by atoms with Gasteiger partial charge in [-0.1, -0.05) is 140 Å². The average molecular weight is 795 g/mol. The van der Waals surface area contributed by atoms with Gasteiger partial charge in [-0.15, -0.1) is 11.3 Å². The number of rotatable bonds is 4. The number of thiophene rings is 1. The summed E-state index contributed by atoms with van der Waals surface area (Å²) in [5, 5.41) is 15.3. The lowest BCUT2D eigenvalue weighted by Crippen LogP contribution is -1.99. The number of aromatic nitrogens is 2. The maximum absolute atomic E-state index is 2.45. The zero-order valence-electron chi connectivity index (χ0n) is 33.8. The molecule has 0 unspecified atom stereocenters. The third-order valence-corrected chi connectivity index (χ3v) is 14.5. The van der Waals surface area contributed by atoms with E-state index >= 15 is 0 Å². The molecule has 0 fully saturated rings.